The highest BCUT2D eigenvalue weighted by molar-refractivity contribution is 9.10. The third-order valence-corrected chi connectivity index (χ3v) is 5.81. The molecule has 0 fully saturated rings. The van der Waals surface area contributed by atoms with Crippen LogP contribution in [-0.2, 0) is 0 Å². The van der Waals surface area contributed by atoms with Crippen molar-refractivity contribution in [2.45, 2.75) is 39.5 Å². The number of carbonyl (C=O) groups excluding carboxylic acids is 2. The van der Waals surface area contributed by atoms with Gasteiger partial charge in [0.15, 0.2) is 11.6 Å². The average Bonchev–Trinajstić information content (AvgIpc) is 2.67. The molecule has 1 N–H and O–H groups in total. The van der Waals surface area contributed by atoms with Crippen molar-refractivity contribution in [1.82, 2.24) is 0 Å². The summed E-state index contributed by atoms with van der Waals surface area (Å²) in [5.41, 5.74) is 2.70. The molecule has 0 saturated carbocycles. The first kappa shape index (κ1) is 18.8. The molecule has 0 radical (unpaired) electrons. The number of fused-ring (bicyclic) bond motifs is 2. The van der Waals surface area contributed by atoms with E-state index in [2.05, 4.69) is 35.1 Å². The number of ketones is 2. The largest absolute Gasteiger partial charge is 0.384 e. The molecule has 1 atom stereocenters. The van der Waals surface area contributed by atoms with Crippen LogP contribution < -0.4 is 5.32 Å². The predicted molar refractivity (Wildman–Crippen MR) is 109 cm³/mol. The predicted octanol–water partition coefficient (Wildman–Crippen LogP) is 5.85. The second-order valence-corrected chi connectivity index (χ2v) is 7.70. The number of halogens is 1. The van der Waals surface area contributed by atoms with Crippen molar-refractivity contribution in [1.29, 1.82) is 0 Å². The van der Waals surface area contributed by atoms with Gasteiger partial charge in [0.1, 0.15) is 0 Å². The lowest BCUT2D eigenvalue weighted by molar-refractivity contribution is 0.0979. The average molecular weight is 414 g/mol. The number of hydrogen-bond donors (Lipinski definition) is 1. The Hall–Kier alpha value is -1.94. The summed E-state index contributed by atoms with van der Waals surface area (Å²) in [6, 6.07) is 10.8. The SMILES string of the molecule is CCCCC(CC)CNc1ccc(Br)c2c1C(=O)c1ccccc1C2=O. The molecule has 1 aliphatic carbocycles. The lowest BCUT2D eigenvalue weighted by Crippen LogP contribution is -2.24. The molecule has 2 aromatic rings. The molecule has 0 bridgehead atoms. The molecular formula is C22H24BrNO2. The van der Waals surface area contributed by atoms with Crippen molar-refractivity contribution in [3.8, 4) is 0 Å². The van der Waals surface area contributed by atoms with Gasteiger partial charge in [0.25, 0.3) is 0 Å². The van der Waals surface area contributed by atoms with Crippen LogP contribution in [0.5, 0.6) is 0 Å². The Kier molecular flexibility index (Phi) is 5.92. The zero-order chi connectivity index (χ0) is 18.7. The van der Waals surface area contributed by atoms with Crippen LogP contribution in [-0.4, -0.2) is 18.1 Å². The maximum atomic E-state index is 13.1. The van der Waals surface area contributed by atoms with Gasteiger partial charge in [-0.15, -0.1) is 0 Å². The minimum atomic E-state index is -0.0938. The van der Waals surface area contributed by atoms with E-state index in [-0.39, 0.29) is 11.6 Å². The minimum Gasteiger partial charge on any atom is -0.384 e. The normalized spacial score (nSPS) is 14.0. The Morgan fingerprint density at radius 2 is 1.62 bits per heavy atom. The summed E-state index contributed by atoms with van der Waals surface area (Å²) in [7, 11) is 0. The highest BCUT2D eigenvalue weighted by Crippen LogP contribution is 2.36. The number of benzene rings is 2. The number of carbonyl (C=O) groups is 2. The second-order valence-electron chi connectivity index (χ2n) is 6.85. The second kappa shape index (κ2) is 8.17. The standard InChI is InChI=1S/C22H24BrNO2/c1-3-5-8-14(4-2)13-24-18-12-11-17(23)19-20(18)22(26)16-10-7-6-9-15(16)21(19)25/h6-7,9-12,14,24H,3-5,8,13H2,1-2H3. The number of anilines is 1. The molecule has 0 saturated heterocycles. The molecule has 1 unspecified atom stereocenters. The molecule has 1 aliphatic rings. The van der Waals surface area contributed by atoms with Crippen LogP contribution in [0.4, 0.5) is 5.69 Å². The van der Waals surface area contributed by atoms with Gasteiger partial charge in [0.05, 0.1) is 5.56 Å². The van der Waals surface area contributed by atoms with Crippen LogP contribution in [0.3, 0.4) is 0 Å². The molecule has 4 heteroatoms. The Labute approximate surface area is 163 Å². The summed E-state index contributed by atoms with van der Waals surface area (Å²) < 4.78 is 0.670. The number of nitrogens with one attached hydrogen (secondary N) is 1. The summed E-state index contributed by atoms with van der Waals surface area (Å²) in [4.78, 5) is 26.1. The van der Waals surface area contributed by atoms with Gasteiger partial charge in [-0.05, 0) is 24.5 Å². The third-order valence-electron chi connectivity index (χ3n) is 5.15. The van der Waals surface area contributed by atoms with Crippen molar-refractivity contribution in [3.05, 3.63) is 63.1 Å². The van der Waals surface area contributed by atoms with Crippen LogP contribution >= 0.6 is 15.9 Å². The quantitative estimate of drug-likeness (QED) is 0.527. The smallest absolute Gasteiger partial charge is 0.196 e. The Bertz CT molecular complexity index is 844. The van der Waals surface area contributed by atoms with Crippen molar-refractivity contribution in [2.75, 3.05) is 11.9 Å². The highest BCUT2D eigenvalue weighted by atomic mass is 79.9. The van der Waals surface area contributed by atoms with Gasteiger partial charge in [-0.1, -0.05) is 73.3 Å². The van der Waals surface area contributed by atoms with Gasteiger partial charge in [-0.3, -0.25) is 9.59 Å². The van der Waals surface area contributed by atoms with E-state index in [9.17, 15) is 9.59 Å². The first-order valence-corrected chi connectivity index (χ1v) is 10.1. The molecule has 0 spiro atoms. The van der Waals surface area contributed by atoms with E-state index in [0.29, 0.717) is 32.6 Å². The van der Waals surface area contributed by atoms with Crippen LogP contribution in [0.25, 0.3) is 0 Å². The zero-order valence-corrected chi connectivity index (χ0v) is 16.9. The molecule has 3 rings (SSSR count). The number of unbranched alkanes of at least 4 members (excludes halogenated alkanes) is 1. The summed E-state index contributed by atoms with van der Waals surface area (Å²) in [5, 5.41) is 3.45. The van der Waals surface area contributed by atoms with Gasteiger partial charge in [-0.25, -0.2) is 0 Å². The summed E-state index contributed by atoms with van der Waals surface area (Å²) in [5.74, 6) is 0.389. The third kappa shape index (κ3) is 3.48. The summed E-state index contributed by atoms with van der Waals surface area (Å²) in [6.07, 6.45) is 4.67. The van der Waals surface area contributed by atoms with Crippen molar-refractivity contribution in [3.63, 3.8) is 0 Å². The zero-order valence-electron chi connectivity index (χ0n) is 15.3. The first-order chi connectivity index (χ1) is 12.6. The molecule has 0 heterocycles. The fraction of sp³-hybridized carbons (Fsp3) is 0.364. The Balaban J connectivity index is 1.95. The van der Waals surface area contributed by atoms with E-state index in [1.807, 2.05) is 12.1 Å². The molecule has 136 valence electrons. The molecule has 3 nitrogen and oxygen atoms in total. The van der Waals surface area contributed by atoms with Gasteiger partial charge in [0, 0.05) is 33.4 Å². The van der Waals surface area contributed by atoms with Crippen molar-refractivity contribution in [2.24, 2.45) is 5.92 Å². The summed E-state index contributed by atoms with van der Waals surface area (Å²) in [6.45, 7) is 5.21. The lowest BCUT2D eigenvalue weighted by atomic mass is 9.83. The lowest BCUT2D eigenvalue weighted by Gasteiger charge is -2.23. The fourth-order valence-corrected chi connectivity index (χ4v) is 4.04. The monoisotopic (exact) mass is 413 g/mol. The van der Waals surface area contributed by atoms with Crippen LogP contribution in [0, 0.1) is 5.92 Å². The topological polar surface area (TPSA) is 46.2 Å². The molecule has 0 amide bonds. The summed E-state index contributed by atoms with van der Waals surface area (Å²) >= 11 is 3.46. The maximum absolute atomic E-state index is 13.1. The van der Waals surface area contributed by atoms with Gasteiger partial charge < -0.3 is 5.32 Å². The van der Waals surface area contributed by atoms with E-state index in [1.54, 1.807) is 24.3 Å². The molecule has 2 aromatic carbocycles. The fourth-order valence-electron chi connectivity index (χ4n) is 3.53. The van der Waals surface area contributed by atoms with Crippen LogP contribution in [0.2, 0.25) is 0 Å². The van der Waals surface area contributed by atoms with Gasteiger partial charge in [-0.2, -0.15) is 0 Å². The highest BCUT2D eigenvalue weighted by Gasteiger charge is 2.33. The number of hydrogen-bond acceptors (Lipinski definition) is 3. The van der Waals surface area contributed by atoms with Gasteiger partial charge >= 0.3 is 0 Å². The van der Waals surface area contributed by atoms with Crippen molar-refractivity contribution >= 4 is 33.2 Å². The van der Waals surface area contributed by atoms with E-state index >= 15 is 0 Å². The molecule has 0 aromatic heterocycles. The van der Waals surface area contributed by atoms with Crippen LogP contribution in [0.15, 0.2) is 40.9 Å². The molecule has 26 heavy (non-hydrogen) atoms. The van der Waals surface area contributed by atoms with Gasteiger partial charge in [0.2, 0.25) is 0 Å². The first-order valence-electron chi connectivity index (χ1n) is 9.33. The Morgan fingerprint density at radius 3 is 2.23 bits per heavy atom. The van der Waals surface area contributed by atoms with E-state index in [0.717, 1.165) is 18.7 Å². The molecular weight excluding hydrogens is 390 g/mol. The van der Waals surface area contributed by atoms with Crippen LogP contribution in [0.1, 0.15) is 71.4 Å². The minimum absolute atomic E-state index is 0.0828. The van der Waals surface area contributed by atoms with E-state index in [4.69, 9.17) is 0 Å². The van der Waals surface area contributed by atoms with E-state index < -0.39 is 0 Å². The van der Waals surface area contributed by atoms with Crippen molar-refractivity contribution < 1.29 is 9.59 Å². The maximum Gasteiger partial charge on any atom is 0.196 e. The number of rotatable bonds is 7. The van der Waals surface area contributed by atoms with E-state index in [1.165, 1.54) is 19.3 Å². The molecule has 0 aliphatic heterocycles. The Morgan fingerprint density at radius 1 is 0.962 bits per heavy atom.